The first-order valence-corrected chi connectivity index (χ1v) is 11.7. The van der Waals surface area contributed by atoms with Gasteiger partial charge in [-0.2, -0.15) is 13.2 Å². The summed E-state index contributed by atoms with van der Waals surface area (Å²) < 4.78 is 74.8. The Morgan fingerprint density at radius 3 is 2.03 bits per heavy atom. The summed E-state index contributed by atoms with van der Waals surface area (Å²) in [6.45, 7) is 10.6. The number of carbonyl (C=O) groups excluding carboxylic acids is 1. The topological polar surface area (TPSA) is 89.3 Å². The summed E-state index contributed by atoms with van der Waals surface area (Å²) in [6, 6.07) is 1.42. The molecule has 0 spiro atoms. The molecule has 0 bridgehead atoms. The number of carbonyl (C=O) groups is 1. The molecule has 4 N–H and O–H groups in total. The van der Waals surface area contributed by atoms with Crippen molar-refractivity contribution in [2.24, 2.45) is 0 Å². The minimum atomic E-state index is -4.98. The number of nitrogen functional groups attached to an aromatic ring is 1. The number of aromatic nitrogens is 1. The second kappa shape index (κ2) is 16.1. The number of aldehydes is 1. The molecule has 36 heavy (non-hydrogen) atoms. The van der Waals surface area contributed by atoms with Crippen molar-refractivity contribution >= 4 is 12.0 Å². The molecule has 204 valence electrons. The highest BCUT2D eigenvalue weighted by Gasteiger charge is 2.38. The minimum Gasteiger partial charge on any atom is -0.474 e. The molecular formula is C25H37F5N4O2. The van der Waals surface area contributed by atoms with Crippen LogP contribution in [0.1, 0.15) is 62.0 Å². The van der Waals surface area contributed by atoms with Gasteiger partial charge in [-0.3, -0.25) is 4.79 Å². The van der Waals surface area contributed by atoms with E-state index in [-0.39, 0.29) is 17.5 Å². The van der Waals surface area contributed by atoms with Gasteiger partial charge in [0.05, 0.1) is 22.9 Å². The van der Waals surface area contributed by atoms with Gasteiger partial charge < -0.3 is 21.1 Å². The Morgan fingerprint density at radius 1 is 1.08 bits per heavy atom. The molecule has 0 aliphatic rings. The van der Waals surface area contributed by atoms with Crippen LogP contribution in [0.4, 0.5) is 27.6 Å². The summed E-state index contributed by atoms with van der Waals surface area (Å²) >= 11 is 0. The van der Waals surface area contributed by atoms with Gasteiger partial charge >= 0.3 is 6.18 Å². The van der Waals surface area contributed by atoms with E-state index >= 15 is 0 Å². The van der Waals surface area contributed by atoms with E-state index in [2.05, 4.69) is 15.6 Å². The lowest BCUT2D eigenvalue weighted by Crippen LogP contribution is -2.21. The van der Waals surface area contributed by atoms with E-state index in [1.165, 1.54) is 0 Å². The molecule has 2 aromatic rings. The van der Waals surface area contributed by atoms with Gasteiger partial charge in [0.25, 0.3) is 0 Å². The maximum atomic E-state index is 14.6. The van der Waals surface area contributed by atoms with Crippen molar-refractivity contribution in [3.63, 3.8) is 0 Å². The quantitative estimate of drug-likeness (QED) is 0.168. The van der Waals surface area contributed by atoms with Gasteiger partial charge in [0.1, 0.15) is 17.3 Å². The molecule has 2 rings (SSSR count). The molecular weight excluding hydrogens is 483 g/mol. The van der Waals surface area contributed by atoms with Crippen LogP contribution >= 0.6 is 0 Å². The van der Waals surface area contributed by atoms with Crippen LogP contribution < -0.4 is 21.1 Å². The van der Waals surface area contributed by atoms with Gasteiger partial charge in [-0.25, -0.2) is 13.8 Å². The molecule has 0 unspecified atom stereocenters. The lowest BCUT2D eigenvalue weighted by Gasteiger charge is -2.20. The van der Waals surface area contributed by atoms with E-state index < -0.39 is 45.9 Å². The third-order valence-corrected chi connectivity index (χ3v) is 4.98. The number of anilines is 1. The molecule has 0 aliphatic carbocycles. The normalized spacial score (nSPS) is 10.8. The van der Waals surface area contributed by atoms with Crippen LogP contribution in [0, 0.1) is 18.6 Å². The number of halogens is 5. The Morgan fingerprint density at radius 2 is 1.61 bits per heavy atom. The molecule has 0 aliphatic heterocycles. The summed E-state index contributed by atoms with van der Waals surface area (Å²) in [4.78, 5) is 15.1. The number of nitrogens with one attached hydrogen (secondary N) is 2. The van der Waals surface area contributed by atoms with Crippen LogP contribution in [0.25, 0.3) is 11.3 Å². The highest BCUT2D eigenvalue weighted by atomic mass is 19.4. The zero-order valence-corrected chi connectivity index (χ0v) is 21.9. The van der Waals surface area contributed by atoms with E-state index in [9.17, 15) is 26.7 Å². The second-order valence-corrected chi connectivity index (χ2v) is 7.42. The van der Waals surface area contributed by atoms with Crippen LogP contribution in [0.2, 0.25) is 0 Å². The molecule has 1 heterocycles. The van der Waals surface area contributed by atoms with E-state index in [1.807, 2.05) is 41.8 Å². The van der Waals surface area contributed by atoms with E-state index in [4.69, 9.17) is 10.5 Å². The number of hydrogen-bond acceptors (Lipinski definition) is 6. The Hall–Kier alpha value is -2.79. The number of ether oxygens (including phenoxy) is 1. The van der Waals surface area contributed by atoms with Crippen molar-refractivity contribution in [2.75, 3.05) is 32.9 Å². The summed E-state index contributed by atoms with van der Waals surface area (Å²) in [5.41, 5.74) is 1.02. The maximum absolute atomic E-state index is 14.6. The van der Waals surface area contributed by atoms with E-state index in [1.54, 1.807) is 0 Å². The maximum Gasteiger partial charge on any atom is 0.417 e. The zero-order chi connectivity index (χ0) is 28.1. The van der Waals surface area contributed by atoms with Crippen molar-refractivity contribution in [1.82, 2.24) is 15.6 Å². The fourth-order valence-electron chi connectivity index (χ4n) is 3.09. The van der Waals surface area contributed by atoms with E-state index in [0.29, 0.717) is 25.2 Å². The SMILES string of the molecule is CC.CCC(CC)Oc1nc(-c2cc(N)c(F)c(C)c2C(F)(F)F)c(F)cc1C=O.CNCCNC. The molecule has 0 amide bonds. The zero-order valence-electron chi connectivity index (χ0n) is 21.9. The van der Waals surface area contributed by atoms with Gasteiger partial charge in [0.2, 0.25) is 5.88 Å². The predicted molar refractivity (Wildman–Crippen MR) is 133 cm³/mol. The van der Waals surface area contributed by atoms with Crippen molar-refractivity contribution in [1.29, 1.82) is 0 Å². The van der Waals surface area contributed by atoms with Gasteiger partial charge in [0, 0.05) is 18.7 Å². The highest BCUT2D eigenvalue weighted by molar-refractivity contribution is 5.81. The third kappa shape index (κ3) is 9.02. The second-order valence-electron chi connectivity index (χ2n) is 7.42. The number of nitrogens with two attached hydrogens (primary N) is 1. The lowest BCUT2D eigenvalue weighted by atomic mass is 9.96. The average molecular weight is 521 g/mol. The molecule has 1 aromatic carbocycles. The van der Waals surface area contributed by atoms with Gasteiger partial charge in [-0.15, -0.1) is 0 Å². The first-order chi connectivity index (χ1) is 17.0. The van der Waals surface area contributed by atoms with Crippen molar-refractivity contribution < 1.29 is 31.5 Å². The minimum absolute atomic E-state index is 0.242. The first kappa shape index (κ1) is 33.2. The predicted octanol–water partition coefficient (Wildman–Crippen LogP) is 5.77. The third-order valence-electron chi connectivity index (χ3n) is 4.98. The molecule has 0 fully saturated rings. The Balaban J connectivity index is 0.00000134. The number of nitrogens with zero attached hydrogens (tertiary/aromatic N) is 1. The average Bonchev–Trinajstić information content (AvgIpc) is 2.85. The Kier molecular flexibility index (Phi) is 14.8. The van der Waals surface area contributed by atoms with Crippen LogP contribution in [0.3, 0.4) is 0 Å². The van der Waals surface area contributed by atoms with Crippen LogP contribution in [0.15, 0.2) is 12.1 Å². The summed E-state index contributed by atoms with van der Waals surface area (Å²) in [6.07, 6.45) is -3.97. The standard InChI is InChI=1S/C19H19F5N2O2.C4H12N2.C2H6/c1-4-11(5-2)28-18-10(8-27)6-13(20)17(26-18)12-7-14(25)16(21)9(3)15(12)19(22,23)24;1-5-3-4-6-2;1-2/h6-8,11H,4-5,25H2,1-3H3;5-6H,3-4H2,1-2H3;1-2H3. The summed E-state index contributed by atoms with van der Waals surface area (Å²) in [5, 5.41) is 6.01. The van der Waals surface area contributed by atoms with Crippen molar-refractivity contribution in [3.05, 3.63) is 40.5 Å². The monoisotopic (exact) mass is 520 g/mol. The number of rotatable bonds is 9. The molecule has 1 aromatic heterocycles. The summed E-state index contributed by atoms with van der Waals surface area (Å²) in [7, 11) is 3.88. The lowest BCUT2D eigenvalue weighted by molar-refractivity contribution is -0.137. The number of alkyl halides is 3. The van der Waals surface area contributed by atoms with Gasteiger partial charge in [-0.05, 0) is 51.6 Å². The number of pyridine rings is 1. The fraction of sp³-hybridized carbons (Fsp3) is 0.520. The molecule has 0 saturated carbocycles. The number of hydrogen-bond donors (Lipinski definition) is 3. The largest absolute Gasteiger partial charge is 0.474 e. The molecule has 0 atom stereocenters. The van der Waals surface area contributed by atoms with Crippen molar-refractivity contribution in [3.8, 4) is 17.1 Å². The van der Waals surface area contributed by atoms with Crippen LogP contribution in [-0.4, -0.2) is 44.6 Å². The molecule has 6 nitrogen and oxygen atoms in total. The van der Waals surface area contributed by atoms with E-state index in [0.717, 1.165) is 26.1 Å². The smallest absolute Gasteiger partial charge is 0.417 e. The van der Waals surface area contributed by atoms with Crippen LogP contribution in [0.5, 0.6) is 5.88 Å². The molecule has 11 heteroatoms. The fourth-order valence-corrected chi connectivity index (χ4v) is 3.09. The van der Waals surface area contributed by atoms with Crippen LogP contribution in [-0.2, 0) is 6.18 Å². The van der Waals surface area contributed by atoms with Gasteiger partial charge in [-0.1, -0.05) is 27.7 Å². The first-order valence-electron chi connectivity index (χ1n) is 11.7. The number of likely N-dealkylation sites (N-methyl/N-ethyl adjacent to an activating group) is 2. The Bertz CT molecular complexity index is 961. The Labute approximate surface area is 209 Å². The molecule has 0 saturated heterocycles. The molecule has 0 radical (unpaired) electrons. The highest BCUT2D eigenvalue weighted by Crippen LogP contribution is 2.42. The number of benzene rings is 1. The summed E-state index contributed by atoms with van der Waals surface area (Å²) in [5.74, 6) is -2.72. The van der Waals surface area contributed by atoms with Crippen molar-refractivity contribution in [2.45, 2.75) is 59.7 Å². The van der Waals surface area contributed by atoms with Gasteiger partial charge in [0.15, 0.2) is 6.29 Å².